The van der Waals surface area contributed by atoms with Crippen LogP contribution < -0.4 is 22.3 Å². The molecule has 1 aromatic heterocycles. The lowest BCUT2D eigenvalue weighted by molar-refractivity contribution is -0.140. The van der Waals surface area contributed by atoms with E-state index in [0.717, 1.165) is 0 Å². The van der Waals surface area contributed by atoms with Crippen molar-refractivity contribution in [3.8, 4) is 0 Å². The van der Waals surface area contributed by atoms with E-state index in [1.807, 2.05) is 0 Å². The number of carboxylic acid groups (broad SMARTS) is 2. The lowest BCUT2D eigenvalue weighted by Crippen LogP contribution is -2.41. The summed E-state index contributed by atoms with van der Waals surface area (Å²) in [5.41, 5.74) is 10.8. The smallest absolute Gasteiger partial charge is 0.326 e. The van der Waals surface area contributed by atoms with Gasteiger partial charge in [-0.3, -0.25) is 24.2 Å². The zero-order chi connectivity index (χ0) is 23.1. The highest BCUT2D eigenvalue weighted by Crippen LogP contribution is 2.12. The van der Waals surface area contributed by atoms with Crippen molar-refractivity contribution < 1.29 is 29.4 Å². The van der Waals surface area contributed by atoms with E-state index < -0.39 is 41.7 Å². The molecular formula is C19H21N5O7. The van der Waals surface area contributed by atoms with Crippen molar-refractivity contribution >= 4 is 35.4 Å². The number of aliphatic carboxylic acids is 2. The minimum atomic E-state index is -1.34. The molecule has 12 nitrogen and oxygen atoms in total. The van der Waals surface area contributed by atoms with Gasteiger partial charge in [-0.2, -0.15) is 4.98 Å². The van der Waals surface area contributed by atoms with Gasteiger partial charge in [0.15, 0.2) is 5.78 Å². The second-order valence-corrected chi connectivity index (χ2v) is 6.63. The number of aryl methyl sites for hydroxylation is 1. The van der Waals surface area contributed by atoms with Crippen molar-refractivity contribution in [2.24, 2.45) is 0 Å². The molecule has 1 heterocycles. The van der Waals surface area contributed by atoms with E-state index in [0.29, 0.717) is 5.56 Å². The number of benzene rings is 1. The Morgan fingerprint density at radius 3 is 2.26 bits per heavy atom. The van der Waals surface area contributed by atoms with E-state index in [1.54, 1.807) is 12.1 Å². The molecular weight excluding hydrogens is 410 g/mol. The molecule has 0 radical (unpaired) electrons. The third kappa shape index (κ3) is 6.39. The molecule has 1 unspecified atom stereocenters. The Labute approximate surface area is 175 Å². The molecule has 1 amide bonds. The maximum Gasteiger partial charge on any atom is 0.326 e. The van der Waals surface area contributed by atoms with E-state index in [1.165, 1.54) is 12.1 Å². The van der Waals surface area contributed by atoms with Gasteiger partial charge in [0.05, 0.1) is 0 Å². The molecule has 1 aromatic carbocycles. The van der Waals surface area contributed by atoms with Gasteiger partial charge in [-0.25, -0.2) is 4.79 Å². The van der Waals surface area contributed by atoms with E-state index in [-0.39, 0.29) is 42.2 Å². The summed E-state index contributed by atoms with van der Waals surface area (Å²) in [6.45, 7) is 0. The number of aromatic amines is 1. The van der Waals surface area contributed by atoms with Gasteiger partial charge in [0.2, 0.25) is 5.95 Å². The number of hydrogen-bond donors (Lipinski definition) is 6. The lowest BCUT2D eigenvalue weighted by atomic mass is 10.0. The first-order valence-corrected chi connectivity index (χ1v) is 9.11. The summed E-state index contributed by atoms with van der Waals surface area (Å²) < 4.78 is 0. The summed E-state index contributed by atoms with van der Waals surface area (Å²) in [7, 11) is 0. The van der Waals surface area contributed by atoms with E-state index in [4.69, 9.17) is 21.7 Å². The van der Waals surface area contributed by atoms with E-state index in [2.05, 4.69) is 15.3 Å². The molecule has 1 atom stereocenters. The molecule has 0 bridgehead atoms. The lowest BCUT2D eigenvalue weighted by Gasteiger charge is -2.13. The number of aromatic nitrogens is 2. The molecule has 0 saturated carbocycles. The number of rotatable bonds is 10. The molecule has 12 heteroatoms. The number of ketones is 1. The number of anilines is 2. The van der Waals surface area contributed by atoms with Gasteiger partial charge in [-0.1, -0.05) is 12.1 Å². The minimum Gasteiger partial charge on any atom is -0.481 e. The highest BCUT2D eigenvalue weighted by Gasteiger charge is 2.22. The van der Waals surface area contributed by atoms with Crippen LogP contribution in [0.3, 0.4) is 0 Å². The summed E-state index contributed by atoms with van der Waals surface area (Å²) >= 11 is 0. The number of amides is 1. The molecule has 0 saturated heterocycles. The van der Waals surface area contributed by atoms with Crippen LogP contribution in [0.5, 0.6) is 0 Å². The molecule has 164 valence electrons. The Balaban J connectivity index is 1.99. The van der Waals surface area contributed by atoms with Crippen molar-refractivity contribution in [3.63, 3.8) is 0 Å². The zero-order valence-electron chi connectivity index (χ0n) is 16.3. The summed E-state index contributed by atoms with van der Waals surface area (Å²) in [5.74, 6) is -4.15. The Morgan fingerprint density at radius 1 is 1.06 bits per heavy atom. The molecule has 0 fully saturated rings. The third-order valence-electron chi connectivity index (χ3n) is 4.35. The number of carbonyl (C=O) groups excluding carboxylic acids is 2. The predicted octanol–water partition coefficient (Wildman–Crippen LogP) is -0.202. The van der Waals surface area contributed by atoms with Gasteiger partial charge in [0, 0.05) is 18.4 Å². The summed E-state index contributed by atoms with van der Waals surface area (Å²) in [5, 5.41) is 20.0. The first kappa shape index (κ1) is 23.1. The average molecular weight is 431 g/mol. The van der Waals surface area contributed by atoms with Crippen LogP contribution in [0.1, 0.15) is 45.5 Å². The van der Waals surface area contributed by atoms with Crippen molar-refractivity contribution in [1.82, 2.24) is 15.3 Å². The predicted molar refractivity (Wildman–Crippen MR) is 109 cm³/mol. The fraction of sp³-hybridized carbons (Fsp3) is 0.263. The van der Waals surface area contributed by atoms with Gasteiger partial charge in [-0.05, 0) is 30.5 Å². The average Bonchev–Trinajstić information content (AvgIpc) is 2.68. The molecule has 2 aromatic rings. The van der Waals surface area contributed by atoms with Crippen LogP contribution in [0.25, 0.3) is 0 Å². The first-order chi connectivity index (χ1) is 14.6. The largest absolute Gasteiger partial charge is 0.481 e. The molecule has 0 aliphatic rings. The van der Waals surface area contributed by atoms with Crippen LogP contribution in [-0.2, 0) is 16.0 Å². The van der Waals surface area contributed by atoms with Crippen LogP contribution in [0.4, 0.5) is 11.8 Å². The van der Waals surface area contributed by atoms with Crippen LogP contribution in [-0.4, -0.2) is 49.9 Å². The summed E-state index contributed by atoms with van der Waals surface area (Å²) in [4.78, 5) is 64.0. The fourth-order valence-corrected chi connectivity index (χ4v) is 2.75. The zero-order valence-corrected chi connectivity index (χ0v) is 16.3. The summed E-state index contributed by atoms with van der Waals surface area (Å²) in [6, 6.07) is 4.69. The standard InChI is InChI=1S/C19H21N5O7/c20-15-14(17(29)24-19(21)23-15)12(25)7-3-9-1-4-10(5-2-9)16(28)22-11(18(30)31)6-8-13(26)27/h1-2,4-5,11H,3,6-8H2,(H,22,28)(H,26,27)(H,30,31)(H5,20,21,23,24,29). The van der Waals surface area contributed by atoms with Gasteiger partial charge >= 0.3 is 11.9 Å². The van der Waals surface area contributed by atoms with Crippen molar-refractivity contribution in [1.29, 1.82) is 0 Å². The van der Waals surface area contributed by atoms with Gasteiger partial charge in [0.25, 0.3) is 11.5 Å². The Morgan fingerprint density at radius 2 is 1.71 bits per heavy atom. The molecule has 31 heavy (non-hydrogen) atoms. The maximum atomic E-state index is 12.3. The number of nitrogens with zero attached hydrogens (tertiary/aromatic N) is 1. The molecule has 2 rings (SSSR count). The third-order valence-corrected chi connectivity index (χ3v) is 4.35. The van der Waals surface area contributed by atoms with Gasteiger partial charge in [-0.15, -0.1) is 0 Å². The Bertz CT molecular complexity index is 1060. The number of hydrogen-bond acceptors (Lipinski definition) is 8. The Hall–Kier alpha value is -4.22. The molecule has 0 spiro atoms. The second kappa shape index (κ2) is 10.0. The van der Waals surface area contributed by atoms with Crippen LogP contribution in [0, 0.1) is 0 Å². The maximum absolute atomic E-state index is 12.3. The fourth-order valence-electron chi connectivity index (χ4n) is 2.75. The Kier molecular flexibility index (Phi) is 7.44. The number of H-pyrrole nitrogens is 1. The van der Waals surface area contributed by atoms with Crippen molar-refractivity contribution in [2.45, 2.75) is 31.7 Å². The number of Topliss-reactive ketones (excluding diaryl/α,β-unsaturated/α-hetero) is 1. The number of carboxylic acids is 2. The number of nitrogen functional groups attached to an aromatic ring is 2. The normalized spacial score (nSPS) is 11.5. The van der Waals surface area contributed by atoms with E-state index in [9.17, 15) is 24.0 Å². The van der Waals surface area contributed by atoms with E-state index >= 15 is 0 Å². The molecule has 0 aliphatic carbocycles. The van der Waals surface area contributed by atoms with Crippen LogP contribution in [0.2, 0.25) is 0 Å². The molecule has 8 N–H and O–H groups in total. The monoisotopic (exact) mass is 431 g/mol. The highest BCUT2D eigenvalue weighted by atomic mass is 16.4. The van der Waals surface area contributed by atoms with Crippen molar-refractivity contribution in [3.05, 3.63) is 51.3 Å². The van der Waals surface area contributed by atoms with Crippen LogP contribution >= 0.6 is 0 Å². The van der Waals surface area contributed by atoms with Crippen molar-refractivity contribution in [2.75, 3.05) is 11.5 Å². The van der Waals surface area contributed by atoms with Gasteiger partial charge in [0.1, 0.15) is 17.4 Å². The van der Waals surface area contributed by atoms with Gasteiger partial charge < -0.3 is 27.0 Å². The molecule has 0 aliphatic heterocycles. The SMILES string of the molecule is Nc1nc(N)c(C(=O)CCc2ccc(C(=O)NC(CCC(=O)O)C(=O)O)cc2)c(=O)[nH]1. The number of carbonyl (C=O) groups is 4. The minimum absolute atomic E-state index is 0.0410. The quantitative estimate of drug-likeness (QED) is 0.272. The number of nitrogens with one attached hydrogen (secondary N) is 2. The summed E-state index contributed by atoms with van der Waals surface area (Å²) in [6.07, 6.45) is -0.443. The highest BCUT2D eigenvalue weighted by molar-refractivity contribution is 6.00. The second-order valence-electron chi connectivity index (χ2n) is 6.63. The van der Waals surface area contributed by atoms with Crippen LogP contribution in [0.15, 0.2) is 29.1 Å². The topological polar surface area (TPSA) is 219 Å². The number of nitrogens with two attached hydrogens (primary N) is 2. The first-order valence-electron chi connectivity index (χ1n) is 9.11.